The number of hydrogen-bond acceptors (Lipinski definition) is 1. The number of hydrogen-bond donors (Lipinski definition) is 1. The van der Waals surface area contributed by atoms with E-state index in [2.05, 4.69) is 63.8 Å². The van der Waals surface area contributed by atoms with E-state index in [0.29, 0.717) is 0 Å². The number of H-pyrrole nitrogens is 1. The first kappa shape index (κ1) is 10.9. The lowest BCUT2D eigenvalue weighted by atomic mass is 10.3. The van der Waals surface area contributed by atoms with E-state index >= 15 is 0 Å². The van der Waals surface area contributed by atoms with Crippen LogP contribution in [0.3, 0.4) is 0 Å². The van der Waals surface area contributed by atoms with E-state index < -0.39 is 0 Å². The molecule has 1 heterocycles. The number of rotatable bonds is 2. The molecule has 1 aromatic heterocycles. The summed E-state index contributed by atoms with van der Waals surface area (Å²) in [6.45, 7) is 5.88. The van der Waals surface area contributed by atoms with Crippen molar-refractivity contribution in [3.05, 3.63) is 39.2 Å². The summed E-state index contributed by atoms with van der Waals surface area (Å²) in [5, 5.41) is 0. The third kappa shape index (κ3) is 1.88. The van der Waals surface area contributed by atoms with Crippen molar-refractivity contribution in [2.45, 2.75) is 13.0 Å². The average Bonchev–Trinajstić information content (AvgIpc) is 2.52. The number of allylic oxidation sites excluding steroid dienone is 1. The number of aromatic nitrogens is 2. The molecule has 1 N–H and O–H groups in total. The van der Waals surface area contributed by atoms with Gasteiger partial charge in [-0.25, -0.2) is 0 Å². The lowest BCUT2D eigenvalue weighted by Crippen LogP contribution is -2.01. The summed E-state index contributed by atoms with van der Waals surface area (Å²) in [6, 6.07) is 6.48. The van der Waals surface area contributed by atoms with E-state index in [1.54, 1.807) is 0 Å². The van der Waals surface area contributed by atoms with Gasteiger partial charge in [-0.2, -0.15) is 0 Å². The fourth-order valence-electron chi connectivity index (χ4n) is 1.61. The molecule has 2 nitrogen and oxygen atoms in total. The summed E-state index contributed by atoms with van der Waals surface area (Å²) in [6.07, 6.45) is 1.89. The Labute approximate surface area is 107 Å². The maximum absolute atomic E-state index is 5.30. The average molecular weight is 330 g/mol. The standard InChI is InChI=1S/C11H11IN2S/c1-3-7(2)14-10-5-4-8(12)6-9(10)13-11(14)15/h3-7H,1H2,2H3,(H,13,15). The molecule has 0 aliphatic carbocycles. The van der Waals surface area contributed by atoms with Gasteiger partial charge in [-0.05, 0) is 59.9 Å². The van der Waals surface area contributed by atoms with E-state index in [1.165, 1.54) is 3.57 Å². The van der Waals surface area contributed by atoms with E-state index in [4.69, 9.17) is 12.2 Å². The van der Waals surface area contributed by atoms with Gasteiger partial charge < -0.3 is 9.55 Å². The first-order valence-electron chi connectivity index (χ1n) is 4.66. The minimum atomic E-state index is 0.214. The van der Waals surface area contributed by atoms with Gasteiger partial charge in [0.1, 0.15) is 0 Å². The zero-order valence-corrected chi connectivity index (χ0v) is 11.3. The molecule has 15 heavy (non-hydrogen) atoms. The zero-order chi connectivity index (χ0) is 11.0. The predicted molar refractivity (Wildman–Crippen MR) is 74.7 cm³/mol. The Morgan fingerprint density at radius 3 is 3.00 bits per heavy atom. The monoisotopic (exact) mass is 330 g/mol. The van der Waals surface area contributed by atoms with Crippen molar-refractivity contribution in [1.82, 2.24) is 9.55 Å². The van der Waals surface area contributed by atoms with Crippen molar-refractivity contribution in [3.8, 4) is 0 Å². The van der Waals surface area contributed by atoms with Crippen LogP contribution in [-0.2, 0) is 0 Å². The molecule has 1 aromatic carbocycles. The van der Waals surface area contributed by atoms with Crippen LogP contribution in [-0.4, -0.2) is 9.55 Å². The molecule has 0 amide bonds. The molecule has 0 spiro atoms. The van der Waals surface area contributed by atoms with Gasteiger partial charge in [0.2, 0.25) is 0 Å². The third-order valence-electron chi connectivity index (χ3n) is 2.43. The lowest BCUT2D eigenvalue weighted by Gasteiger charge is -2.08. The molecule has 0 saturated heterocycles. The van der Waals surface area contributed by atoms with E-state index in [1.807, 2.05) is 6.08 Å². The Hall–Kier alpha value is -0.620. The molecule has 0 aliphatic heterocycles. The van der Waals surface area contributed by atoms with Gasteiger partial charge in [0.05, 0.1) is 17.1 Å². The Balaban J connectivity index is 2.79. The van der Waals surface area contributed by atoms with Gasteiger partial charge in [-0.1, -0.05) is 6.08 Å². The highest BCUT2D eigenvalue weighted by Crippen LogP contribution is 2.21. The maximum Gasteiger partial charge on any atom is 0.178 e. The molecule has 78 valence electrons. The Morgan fingerprint density at radius 1 is 1.60 bits per heavy atom. The quantitative estimate of drug-likeness (QED) is 0.500. The second kappa shape index (κ2) is 4.09. The highest BCUT2D eigenvalue weighted by atomic mass is 127. The minimum absolute atomic E-state index is 0.214. The second-order valence-corrected chi connectivity index (χ2v) is 5.07. The smallest absolute Gasteiger partial charge is 0.178 e. The third-order valence-corrected chi connectivity index (χ3v) is 3.40. The number of nitrogens with zero attached hydrogens (tertiary/aromatic N) is 1. The zero-order valence-electron chi connectivity index (χ0n) is 8.33. The van der Waals surface area contributed by atoms with Gasteiger partial charge in [-0.15, -0.1) is 6.58 Å². The summed E-state index contributed by atoms with van der Waals surface area (Å²) in [4.78, 5) is 3.21. The summed E-state index contributed by atoms with van der Waals surface area (Å²) in [5.74, 6) is 0. The van der Waals surface area contributed by atoms with Crippen molar-refractivity contribution < 1.29 is 0 Å². The van der Waals surface area contributed by atoms with Crippen LogP contribution in [0.1, 0.15) is 13.0 Å². The largest absolute Gasteiger partial charge is 0.331 e. The fourth-order valence-corrected chi connectivity index (χ4v) is 2.48. The number of benzene rings is 1. The van der Waals surface area contributed by atoms with E-state index in [-0.39, 0.29) is 6.04 Å². The Bertz CT molecular complexity index is 567. The molecule has 0 fully saturated rings. The summed E-state index contributed by atoms with van der Waals surface area (Å²) in [5.41, 5.74) is 2.22. The van der Waals surface area contributed by atoms with Crippen LogP contribution in [0.15, 0.2) is 30.9 Å². The highest BCUT2D eigenvalue weighted by molar-refractivity contribution is 14.1. The minimum Gasteiger partial charge on any atom is -0.331 e. The SMILES string of the molecule is C=CC(C)n1c(=S)[nH]c2cc(I)ccc21. The van der Waals surface area contributed by atoms with E-state index in [9.17, 15) is 0 Å². The molecule has 1 atom stereocenters. The molecular formula is C11H11IN2S. The molecular weight excluding hydrogens is 319 g/mol. The van der Waals surface area contributed by atoms with Crippen LogP contribution < -0.4 is 0 Å². The predicted octanol–water partition coefficient (Wildman–Crippen LogP) is 4.05. The van der Waals surface area contributed by atoms with Crippen LogP contribution in [0.2, 0.25) is 0 Å². The molecule has 0 bridgehead atoms. The highest BCUT2D eigenvalue weighted by Gasteiger charge is 2.07. The molecule has 0 radical (unpaired) electrons. The normalized spacial score (nSPS) is 12.9. The first-order chi connectivity index (χ1) is 7.13. The van der Waals surface area contributed by atoms with Crippen molar-refractivity contribution >= 4 is 45.8 Å². The van der Waals surface area contributed by atoms with Crippen LogP contribution in [0, 0.1) is 8.34 Å². The van der Waals surface area contributed by atoms with Crippen molar-refractivity contribution in [2.24, 2.45) is 0 Å². The van der Waals surface area contributed by atoms with Gasteiger partial charge in [-0.3, -0.25) is 0 Å². The Morgan fingerprint density at radius 2 is 2.33 bits per heavy atom. The molecule has 2 aromatic rings. The van der Waals surface area contributed by atoms with Crippen LogP contribution in [0.25, 0.3) is 11.0 Å². The molecule has 1 unspecified atom stereocenters. The van der Waals surface area contributed by atoms with Crippen LogP contribution in [0.4, 0.5) is 0 Å². The van der Waals surface area contributed by atoms with Crippen LogP contribution >= 0.6 is 34.8 Å². The van der Waals surface area contributed by atoms with Crippen molar-refractivity contribution in [2.75, 3.05) is 0 Å². The molecule has 0 aliphatic rings. The van der Waals surface area contributed by atoms with Crippen molar-refractivity contribution in [1.29, 1.82) is 0 Å². The molecule has 2 rings (SSSR count). The summed E-state index contributed by atoms with van der Waals surface area (Å²) < 4.78 is 4.03. The molecule has 4 heteroatoms. The lowest BCUT2D eigenvalue weighted by molar-refractivity contribution is 0.673. The number of imidazole rings is 1. The van der Waals surface area contributed by atoms with E-state index in [0.717, 1.165) is 15.8 Å². The number of fused-ring (bicyclic) bond motifs is 1. The van der Waals surface area contributed by atoms with Gasteiger partial charge in [0, 0.05) is 3.57 Å². The summed E-state index contributed by atoms with van der Waals surface area (Å²) in [7, 11) is 0. The van der Waals surface area contributed by atoms with Crippen molar-refractivity contribution in [3.63, 3.8) is 0 Å². The van der Waals surface area contributed by atoms with Gasteiger partial charge >= 0.3 is 0 Å². The Kier molecular flexibility index (Phi) is 2.97. The van der Waals surface area contributed by atoms with Gasteiger partial charge in [0.25, 0.3) is 0 Å². The second-order valence-electron chi connectivity index (χ2n) is 3.44. The first-order valence-corrected chi connectivity index (χ1v) is 6.14. The summed E-state index contributed by atoms with van der Waals surface area (Å²) >= 11 is 7.59. The number of aromatic amines is 1. The molecule has 0 saturated carbocycles. The van der Waals surface area contributed by atoms with Gasteiger partial charge in [0.15, 0.2) is 4.77 Å². The van der Waals surface area contributed by atoms with Crippen LogP contribution in [0.5, 0.6) is 0 Å². The fraction of sp³-hybridized carbons (Fsp3) is 0.182. The number of nitrogens with one attached hydrogen (secondary N) is 1. The topological polar surface area (TPSA) is 20.7 Å². The number of halogens is 1. The maximum atomic E-state index is 5.30.